The topological polar surface area (TPSA) is 71.3 Å². The van der Waals surface area contributed by atoms with Crippen LogP contribution in [0.1, 0.15) is 0 Å². The molecule has 0 aliphatic rings. The van der Waals surface area contributed by atoms with Gasteiger partial charge in [0.15, 0.2) is 0 Å². The highest BCUT2D eigenvalue weighted by atomic mass is 15.1. The molecule has 0 saturated carbocycles. The van der Waals surface area contributed by atoms with Crippen molar-refractivity contribution in [1.82, 2.24) is 38.4 Å². The minimum absolute atomic E-state index is 0.610. The summed E-state index contributed by atoms with van der Waals surface area (Å²) in [5.41, 5.74) is 20.3. The van der Waals surface area contributed by atoms with Gasteiger partial charge in [-0.2, -0.15) is 0 Å². The van der Waals surface area contributed by atoms with Crippen LogP contribution < -0.4 is 0 Å². The van der Waals surface area contributed by atoms with Crippen LogP contribution in [0.2, 0.25) is 0 Å². The zero-order valence-electron chi connectivity index (χ0n) is 46.3. The Balaban J connectivity index is 0.975. The Bertz CT molecular complexity index is 4950. The highest BCUT2D eigenvalue weighted by Gasteiger charge is 2.26. The van der Waals surface area contributed by atoms with Crippen molar-refractivity contribution in [3.05, 3.63) is 291 Å². The van der Waals surface area contributed by atoms with Gasteiger partial charge in [0.2, 0.25) is 0 Å². The number of hydrogen-bond acceptors (Lipinski definition) is 4. The lowest BCUT2D eigenvalue weighted by molar-refractivity contribution is 1.04. The van der Waals surface area contributed by atoms with Gasteiger partial charge in [-0.15, -0.1) is 10.2 Å². The molecule has 6 aromatic heterocycles. The number of hydrogen-bond donors (Lipinski definition) is 0. The molecule has 0 spiro atoms. The molecular weight excluding hydrogens is 1050 g/mol. The maximum absolute atomic E-state index is 5.89. The zero-order chi connectivity index (χ0) is 56.4. The summed E-state index contributed by atoms with van der Waals surface area (Å²) in [7, 11) is 0. The van der Waals surface area contributed by atoms with Crippen LogP contribution in [0.4, 0.5) is 0 Å². The van der Waals surface area contributed by atoms with Crippen molar-refractivity contribution in [1.29, 1.82) is 0 Å². The van der Waals surface area contributed by atoms with Crippen LogP contribution in [0.3, 0.4) is 0 Å². The van der Waals surface area contributed by atoms with Gasteiger partial charge in [0.05, 0.1) is 55.5 Å². The second kappa shape index (κ2) is 18.9. The molecule has 0 unspecified atom stereocenters. The fourth-order valence-electron chi connectivity index (χ4n) is 13.7. The van der Waals surface area contributed by atoms with Crippen LogP contribution in [0, 0.1) is 0 Å². The summed E-state index contributed by atoms with van der Waals surface area (Å²) in [6.07, 6.45) is 0. The quantitative estimate of drug-likeness (QED) is 0.152. The minimum Gasteiger partial charge on any atom is -0.309 e. The molecule has 12 aromatic carbocycles. The predicted octanol–water partition coefficient (Wildman–Crippen LogP) is 19.5. The lowest BCUT2D eigenvalue weighted by atomic mass is 10.0. The molecule has 0 radical (unpaired) electrons. The third-order valence-electron chi connectivity index (χ3n) is 17.4. The van der Waals surface area contributed by atoms with Crippen molar-refractivity contribution < 1.29 is 0 Å². The third-order valence-corrected chi connectivity index (χ3v) is 17.4. The van der Waals surface area contributed by atoms with Crippen LogP contribution in [0.15, 0.2) is 291 Å². The van der Waals surface area contributed by atoms with Crippen molar-refractivity contribution in [3.8, 4) is 67.8 Å². The number of fused-ring (bicyclic) bond motifs is 13. The molecule has 8 nitrogen and oxygen atoms in total. The molecule has 0 amide bonds. The molecule has 0 aliphatic carbocycles. The first-order chi connectivity index (χ1) is 42.7. The Morgan fingerprint density at radius 1 is 0.186 bits per heavy atom. The summed E-state index contributed by atoms with van der Waals surface area (Å²) in [5, 5.41) is 20.4. The first-order valence-electron chi connectivity index (χ1n) is 29.1. The first kappa shape index (κ1) is 47.9. The predicted molar refractivity (Wildman–Crippen MR) is 354 cm³/mol. The minimum atomic E-state index is 0.610. The Morgan fingerprint density at radius 2 is 0.395 bits per heavy atom. The van der Waals surface area contributed by atoms with E-state index in [-0.39, 0.29) is 0 Å². The van der Waals surface area contributed by atoms with E-state index in [1.54, 1.807) is 0 Å². The van der Waals surface area contributed by atoms with Crippen molar-refractivity contribution >= 4 is 98.3 Å². The summed E-state index contributed by atoms with van der Waals surface area (Å²) in [4.78, 5) is 11.8. The molecule has 0 fully saturated rings. The average molecular weight is 1100 g/mol. The summed E-state index contributed by atoms with van der Waals surface area (Å²) in [6.45, 7) is 0. The molecule has 6 heterocycles. The van der Waals surface area contributed by atoms with Crippen molar-refractivity contribution in [2.75, 3.05) is 0 Å². The van der Waals surface area contributed by atoms with Gasteiger partial charge >= 0.3 is 0 Å². The first-order valence-corrected chi connectivity index (χ1v) is 29.1. The van der Waals surface area contributed by atoms with E-state index < -0.39 is 0 Å². The van der Waals surface area contributed by atoms with Gasteiger partial charge in [-0.1, -0.05) is 206 Å². The van der Waals surface area contributed by atoms with Crippen LogP contribution in [0.25, 0.3) is 166 Å². The maximum atomic E-state index is 5.89. The average Bonchev–Trinajstić information content (AvgIpc) is 1.94. The molecule has 0 saturated heterocycles. The summed E-state index contributed by atoms with van der Waals surface area (Å²) >= 11 is 0. The van der Waals surface area contributed by atoms with E-state index in [2.05, 4.69) is 297 Å². The van der Waals surface area contributed by atoms with Crippen molar-refractivity contribution in [2.45, 2.75) is 0 Å². The molecule has 8 heteroatoms. The lowest BCUT2D eigenvalue weighted by Gasteiger charge is -2.18. The lowest BCUT2D eigenvalue weighted by Crippen LogP contribution is -2.05. The fraction of sp³-hybridized carbons (Fsp3) is 0. The van der Waals surface area contributed by atoms with Gasteiger partial charge in [0.25, 0.3) is 0 Å². The fourth-order valence-corrected chi connectivity index (χ4v) is 13.7. The number of rotatable bonds is 8. The Hall–Kier alpha value is -11.7. The highest BCUT2D eigenvalue weighted by Crippen LogP contribution is 2.44. The monoisotopic (exact) mass is 1100 g/mol. The van der Waals surface area contributed by atoms with Crippen LogP contribution in [0.5, 0.6) is 0 Å². The van der Waals surface area contributed by atoms with Crippen molar-refractivity contribution in [3.63, 3.8) is 0 Å². The van der Waals surface area contributed by atoms with E-state index in [4.69, 9.17) is 20.2 Å². The molecule has 0 bridgehead atoms. The highest BCUT2D eigenvalue weighted by molar-refractivity contribution is 6.13. The van der Waals surface area contributed by atoms with E-state index in [1.165, 1.54) is 43.1 Å². The van der Waals surface area contributed by atoms with Crippen LogP contribution in [-0.4, -0.2) is 38.4 Å². The molecule has 400 valence electrons. The Kier molecular flexibility index (Phi) is 10.5. The van der Waals surface area contributed by atoms with Crippen molar-refractivity contribution in [2.24, 2.45) is 0 Å². The van der Waals surface area contributed by atoms with Crippen LogP contribution >= 0.6 is 0 Å². The molecule has 0 N–H and O–H groups in total. The zero-order valence-corrected chi connectivity index (χ0v) is 46.3. The maximum Gasteiger partial charge on any atom is 0.121 e. The van der Waals surface area contributed by atoms with Gasteiger partial charge in [-0.05, 0) is 84.9 Å². The van der Waals surface area contributed by atoms with Gasteiger partial charge in [0.1, 0.15) is 22.4 Å². The van der Waals surface area contributed by atoms with Gasteiger partial charge in [0, 0.05) is 88.1 Å². The normalized spacial score (nSPS) is 12.0. The molecule has 86 heavy (non-hydrogen) atoms. The smallest absolute Gasteiger partial charge is 0.121 e. The second-order valence-corrected chi connectivity index (χ2v) is 22.2. The van der Waals surface area contributed by atoms with E-state index in [0.717, 1.165) is 101 Å². The number of benzene rings is 12. The van der Waals surface area contributed by atoms with Crippen LogP contribution in [-0.2, 0) is 0 Å². The number of para-hydroxylation sites is 8. The molecule has 0 atom stereocenters. The summed E-state index contributed by atoms with van der Waals surface area (Å²) in [5.74, 6) is 0. The summed E-state index contributed by atoms with van der Waals surface area (Å²) in [6, 6.07) is 104. The number of nitrogens with zero attached hydrogens (tertiary/aromatic N) is 8. The van der Waals surface area contributed by atoms with E-state index in [1.807, 2.05) is 12.1 Å². The molecule has 18 rings (SSSR count). The number of aromatic nitrogens is 8. The van der Waals surface area contributed by atoms with E-state index in [0.29, 0.717) is 22.4 Å². The largest absolute Gasteiger partial charge is 0.309 e. The van der Waals surface area contributed by atoms with Gasteiger partial charge in [-0.25, -0.2) is 9.97 Å². The van der Waals surface area contributed by atoms with E-state index >= 15 is 0 Å². The Morgan fingerprint density at radius 3 is 0.628 bits per heavy atom. The summed E-state index contributed by atoms with van der Waals surface area (Å²) < 4.78 is 9.56. The molecular formula is C78H48N8. The molecule has 18 aromatic rings. The second-order valence-electron chi connectivity index (χ2n) is 22.2. The SMILES string of the molecule is c1ccc(-c2nc3c(-c4cc(-n5c6ccccc6c6ccccc65)cc(-n5c6ccccc6c6ccccc65)c4)nnc(-c4cc(-n5c6ccccc6c6ccccc65)cc(-n5c6ccccc6c6ccccc65)c4)c3nc2-c2ccccc2)cc1. The molecule has 0 aliphatic heterocycles. The van der Waals surface area contributed by atoms with Gasteiger partial charge in [-0.3, -0.25) is 0 Å². The van der Waals surface area contributed by atoms with Gasteiger partial charge < -0.3 is 18.3 Å². The van der Waals surface area contributed by atoms with E-state index in [9.17, 15) is 0 Å². The third kappa shape index (κ3) is 7.23. The Labute approximate surface area is 493 Å². The standard InChI is InChI=1S/C78H48N8/c1-3-23-49(24-4-1)73-74(50-25-5-2-6-26-50)80-78-76(52-45-55(85-69-39-19-11-31-61(69)62-32-12-20-40-70(62)85)48-56(46-52)86-71-41-21-13-33-63(71)64-34-14-22-42-72(64)86)82-81-75(77(78)79-73)51-43-53(83-65-35-15-7-27-57(65)58-28-8-16-36-66(58)83)47-54(44-51)84-67-37-17-9-29-59(67)60-30-10-18-38-68(60)84/h1-48H.